The molecule has 0 bridgehead atoms. The number of likely N-dealkylation sites (tertiary alicyclic amines) is 1. The Morgan fingerprint density at radius 1 is 1.13 bits per heavy atom. The summed E-state index contributed by atoms with van der Waals surface area (Å²) < 4.78 is 56.1. The summed E-state index contributed by atoms with van der Waals surface area (Å²) in [5, 5.41) is 9.16. The van der Waals surface area contributed by atoms with Crippen molar-refractivity contribution in [3.63, 3.8) is 0 Å². The van der Waals surface area contributed by atoms with E-state index < -0.39 is 23.6 Å². The minimum atomic E-state index is -4.57. The van der Waals surface area contributed by atoms with E-state index >= 15 is 0 Å². The van der Waals surface area contributed by atoms with E-state index in [4.69, 9.17) is 5.10 Å². The highest BCUT2D eigenvalue weighted by Gasteiger charge is 2.36. The predicted octanol–water partition coefficient (Wildman–Crippen LogP) is 3.80. The average Bonchev–Trinajstić information content (AvgIpc) is 3.46. The zero-order valence-corrected chi connectivity index (χ0v) is 20.7. The van der Waals surface area contributed by atoms with Crippen molar-refractivity contribution in [1.29, 1.82) is 0 Å². The van der Waals surface area contributed by atoms with Gasteiger partial charge in [0.15, 0.2) is 5.83 Å². The monoisotopic (exact) mass is 528 g/mol. The first-order chi connectivity index (χ1) is 18.0. The first-order valence-corrected chi connectivity index (χ1v) is 11.7. The molecule has 0 saturated carbocycles. The van der Waals surface area contributed by atoms with E-state index in [2.05, 4.69) is 21.6 Å². The van der Waals surface area contributed by atoms with Crippen LogP contribution in [-0.2, 0) is 17.5 Å². The molecule has 0 spiro atoms. The van der Waals surface area contributed by atoms with Crippen LogP contribution < -0.4 is 0 Å². The average molecular weight is 529 g/mol. The summed E-state index contributed by atoms with van der Waals surface area (Å²) in [4.78, 5) is 23.4. The van der Waals surface area contributed by atoms with Crippen LogP contribution in [0.5, 0.6) is 0 Å². The summed E-state index contributed by atoms with van der Waals surface area (Å²) in [6.45, 7) is 4.92. The normalized spacial score (nSPS) is 14.3. The van der Waals surface area contributed by atoms with Crippen molar-refractivity contribution in [3.05, 3.63) is 61.1 Å². The molecule has 5 rings (SSSR count). The zero-order valence-electron chi connectivity index (χ0n) is 20.7. The molecule has 13 heteroatoms. The van der Waals surface area contributed by atoms with Crippen LogP contribution in [0.15, 0.2) is 55.4 Å². The minimum Gasteiger partial charge on any atom is -0.332 e. The Kier molecular flexibility index (Phi) is 6.47. The van der Waals surface area contributed by atoms with Crippen molar-refractivity contribution >= 4 is 16.9 Å². The number of carbonyl (C=O) groups is 1. The molecule has 0 aliphatic carbocycles. The largest absolute Gasteiger partial charge is 0.433 e. The number of fused-ring (bicyclic) bond motifs is 1. The molecule has 198 valence electrons. The van der Waals surface area contributed by atoms with Crippen LogP contribution >= 0.6 is 0 Å². The molecule has 0 N–H and O–H groups in total. The number of hydrogen-bond donors (Lipinski definition) is 0. The van der Waals surface area contributed by atoms with Gasteiger partial charge >= 0.3 is 6.18 Å². The van der Waals surface area contributed by atoms with E-state index in [-0.39, 0.29) is 19.1 Å². The molecule has 1 aliphatic heterocycles. The Morgan fingerprint density at radius 2 is 1.89 bits per heavy atom. The molecule has 1 saturated heterocycles. The third-order valence-electron chi connectivity index (χ3n) is 6.36. The van der Waals surface area contributed by atoms with Crippen molar-refractivity contribution in [2.24, 2.45) is 0 Å². The maximum Gasteiger partial charge on any atom is 0.433 e. The predicted molar refractivity (Wildman–Crippen MR) is 131 cm³/mol. The molecule has 0 radical (unpaired) electrons. The number of pyridine rings is 2. The van der Waals surface area contributed by atoms with E-state index in [9.17, 15) is 22.4 Å². The molecule has 5 heterocycles. The summed E-state index contributed by atoms with van der Waals surface area (Å²) >= 11 is 0. The van der Waals surface area contributed by atoms with Crippen molar-refractivity contribution in [1.82, 2.24) is 39.3 Å². The number of halogens is 4. The number of amides is 1. The summed E-state index contributed by atoms with van der Waals surface area (Å²) in [5.74, 6) is -1.83. The fourth-order valence-electron chi connectivity index (χ4n) is 4.33. The first kappa shape index (κ1) is 25.5. The zero-order chi connectivity index (χ0) is 27.2. The number of rotatable bonds is 7. The Labute approximate surface area is 215 Å². The lowest BCUT2D eigenvalue weighted by Crippen LogP contribution is -2.51. The molecule has 4 aromatic heterocycles. The topological polar surface area (TPSA) is 85.0 Å². The number of carbonyl (C=O) groups excluding carboxylic acids is 1. The Balaban J connectivity index is 1.59. The van der Waals surface area contributed by atoms with Gasteiger partial charge in [-0.25, -0.2) is 4.39 Å². The molecule has 1 fully saturated rings. The summed E-state index contributed by atoms with van der Waals surface area (Å²) in [6, 6.07) is 3.71. The lowest BCUT2D eigenvalue weighted by molar-refractivity contribution is -0.141. The molecule has 0 atom stereocenters. The van der Waals surface area contributed by atoms with Gasteiger partial charge in [0.25, 0.3) is 5.91 Å². The highest BCUT2D eigenvalue weighted by molar-refractivity contribution is 5.99. The van der Waals surface area contributed by atoms with E-state index in [0.29, 0.717) is 28.8 Å². The number of aromatic nitrogens is 6. The van der Waals surface area contributed by atoms with Gasteiger partial charge in [0.05, 0.1) is 24.3 Å². The van der Waals surface area contributed by atoms with E-state index in [1.807, 2.05) is 35.9 Å². The van der Waals surface area contributed by atoms with Crippen LogP contribution in [0.25, 0.3) is 33.4 Å². The second-order valence-electron chi connectivity index (χ2n) is 9.34. The second kappa shape index (κ2) is 9.63. The minimum absolute atomic E-state index is 0.194. The van der Waals surface area contributed by atoms with Crippen LogP contribution in [0.2, 0.25) is 0 Å². The van der Waals surface area contributed by atoms with E-state index in [1.165, 1.54) is 11.0 Å². The Morgan fingerprint density at radius 3 is 2.53 bits per heavy atom. The molecule has 38 heavy (non-hydrogen) atoms. The third-order valence-corrected chi connectivity index (χ3v) is 6.36. The number of alkyl halides is 3. The van der Waals surface area contributed by atoms with Gasteiger partial charge < -0.3 is 9.80 Å². The van der Waals surface area contributed by atoms with Crippen molar-refractivity contribution in [2.45, 2.75) is 18.8 Å². The van der Waals surface area contributed by atoms with Gasteiger partial charge in [-0.15, -0.1) is 0 Å². The van der Waals surface area contributed by atoms with Crippen LogP contribution in [0, 0.1) is 0 Å². The molecular weight excluding hydrogens is 504 g/mol. The first-order valence-electron chi connectivity index (χ1n) is 11.7. The van der Waals surface area contributed by atoms with Gasteiger partial charge in [-0.2, -0.15) is 23.4 Å². The highest BCUT2D eigenvalue weighted by Crippen LogP contribution is 2.37. The van der Waals surface area contributed by atoms with Crippen LogP contribution in [0.3, 0.4) is 0 Å². The molecule has 9 nitrogen and oxygen atoms in total. The summed E-state index contributed by atoms with van der Waals surface area (Å²) in [5.41, 5.74) is 2.36. The van der Waals surface area contributed by atoms with Crippen LogP contribution in [0.4, 0.5) is 17.6 Å². The smallest absolute Gasteiger partial charge is 0.332 e. The lowest BCUT2D eigenvalue weighted by Gasteiger charge is -2.39. The molecule has 1 aliphatic rings. The molecule has 0 aromatic carbocycles. The standard InChI is InChI=1S/C25H24F4N8O/c1-15(26)24(38)35-13-18(14-35)37-23-19(17-11-32-36(12-17)9-8-34(2)3)6-7-30-22(23)21(33-37)16-4-5-20(31-10-16)25(27,28)29/h4-7,10-12,18H,1,8-9,13-14H2,2-3H3. The highest BCUT2D eigenvalue weighted by atomic mass is 19.4. The summed E-state index contributed by atoms with van der Waals surface area (Å²) in [7, 11) is 3.94. The Hall–Kier alpha value is -4.13. The lowest BCUT2D eigenvalue weighted by atomic mass is 10.1. The Bertz CT molecular complexity index is 1500. The van der Waals surface area contributed by atoms with E-state index in [0.717, 1.165) is 29.9 Å². The van der Waals surface area contributed by atoms with Crippen LogP contribution in [0.1, 0.15) is 11.7 Å². The van der Waals surface area contributed by atoms with Gasteiger partial charge in [0, 0.05) is 54.9 Å². The van der Waals surface area contributed by atoms with Gasteiger partial charge in [-0.05, 0) is 32.3 Å². The second-order valence-corrected chi connectivity index (χ2v) is 9.34. The summed E-state index contributed by atoms with van der Waals surface area (Å²) in [6.07, 6.45) is 1.78. The maximum atomic E-state index is 13.4. The molecule has 0 unspecified atom stereocenters. The third kappa shape index (κ3) is 4.76. The fourth-order valence-corrected chi connectivity index (χ4v) is 4.33. The molecule has 4 aromatic rings. The number of hydrogen-bond acceptors (Lipinski definition) is 6. The maximum absolute atomic E-state index is 13.4. The van der Waals surface area contributed by atoms with E-state index in [1.54, 1.807) is 17.1 Å². The quantitative estimate of drug-likeness (QED) is 0.268. The SMILES string of the molecule is C=C(F)C(=O)N1CC(n2nc(-c3ccc(C(F)(F)F)nc3)c3nccc(-c4cnn(CCN(C)C)c4)c32)C1. The molecular formula is C25H24F4N8O. The fraction of sp³-hybridized carbons (Fsp3) is 0.320. The number of nitrogens with zero attached hydrogens (tertiary/aromatic N) is 8. The number of likely N-dealkylation sites (N-methyl/N-ethyl adjacent to an activating group) is 1. The van der Waals surface area contributed by atoms with Gasteiger partial charge in [-0.3, -0.25) is 24.1 Å². The van der Waals surface area contributed by atoms with Gasteiger partial charge in [-0.1, -0.05) is 6.58 Å². The van der Waals surface area contributed by atoms with Crippen molar-refractivity contribution < 1.29 is 22.4 Å². The molecule has 1 amide bonds. The van der Waals surface area contributed by atoms with Gasteiger partial charge in [0.1, 0.15) is 16.9 Å². The van der Waals surface area contributed by atoms with Crippen molar-refractivity contribution in [2.75, 3.05) is 33.7 Å². The van der Waals surface area contributed by atoms with Crippen LogP contribution in [-0.4, -0.2) is 79.0 Å². The van der Waals surface area contributed by atoms with Gasteiger partial charge in [0.2, 0.25) is 0 Å². The van der Waals surface area contributed by atoms with Crippen molar-refractivity contribution in [3.8, 4) is 22.4 Å².